The number of nitrogens with one attached hydrogen (secondary N) is 2. The molecule has 0 unspecified atom stereocenters. The molecule has 1 aromatic heterocycles. The number of amides is 2. The van der Waals surface area contributed by atoms with Crippen molar-refractivity contribution >= 4 is 29.6 Å². The van der Waals surface area contributed by atoms with Crippen molar-refractivity contribution in [3.8, 4) is 0 Å². The molecule has 0 radical (unpaired) electrons. The zero-order valence-corrected chi connectivity index (χ0v) is 23.2. The lowest BCUT2D eigenvalue weighted by Gasteiger charge is -2.36. The SMILES string of the molecule is COC(=O)N[C@H](C(=O)N1CCC[C@H]1c1ncc(C2=CC=C(SOC(C)(C)C(C)(C)O)CC2)[nH]1)C(C)C. The second-order valence-electron chi connectivity index (χ2n) is 10.8. The van der Waals surface area contributed by atoms with Crippen LogP contribution in [0.25, 0.3) is 5.57 Å². The van der Waals surface area contributed by atoms with Crippen LogP contribution < -0.4 is 5.32 Å². The smallest absolute Gasteiger partial charge is 0.407 e. The summed E-state index contributed by atoms with van der Waals surface area (Å²) in [6.45, 7) is 11.7. The highest BCUT2D eigenvalue weighted by Gasteiger charge is 2.38. The quantitative estimate of drug-likeness (QED) is 0.403. The molecule has 1 aliphatic carbocycles. The summed E-state index contributed by atoms with van der Waals surface area (Å²) >= 11 is 1.32. The third-order valence-corrected chi connectivity index (χ3v) is 8.18. The van der Waals surface area contributed by atoms with E-state index >= 15 is 0 Å². The first-order chi connectivity index (χ1) is 16.8. The van der Waals surface area contributed by atoms with Gasteiger partial charge in [-0.3, -0.25) is 4.79 Å². The normalized spacial score (nSPS) is 19.7. The molecule has 200 valence electrons. The van der Waals surface area contributed by atoms with E-state index in [4.69, 9.17) is 8.92 Å². The number of alkyl carbamates (subject to hydrolysis) is 1. The molecule has 0 bridgehead atoms. The summed E-state index contributed by atoms with van der Waals surface area (Å²) in [5.74, 6) is 0.567. The molecule has 3 rings (SSSR count). The van der Waals surface area contributed by atoms with Crippen LogP contribution in [0.3, 0.4) is 0 Å². The summed E-state index contributed by atoms with van der Waals surface area (Å²) in [5.41, 5.74) is 0.438. The predicted molar refractivity (Wildman–Crippen MR) is 141 cm³/mol. The van der Waals surface area contributed by atoms with Gasteiger partial charge in [0.1, 0.15) is 17.5 Å². The Balaban J connectivity index is 1.68. The molecule has 1 aromatic rings. The highest BCUT2D eigenvalue weighted by atomic mass is 32.2. The fraction of sp³-hybridized carbons (Fsp3) is 0.654. The number of carbonyl (C=O) groups excluding carboxylic acids is 2. The van der Waals surface area contributed by atoms with Crippen molar-refractivity contribution < 1.29 is 23.6 Å². The monoisotopic (exact) mass is 520 g/mol. The number of carbonyl (C=O) groups is 2. The maximum absolute atomic E-state index is 13.3. The second-order valence-corrected chi connectivity index (χ2v) is 11.6. The van der Waals surface area contributed by atoms with Gasteiger partial charge in [-0.2, -0.15) is 0 Å². The van der Waals surface area contributed by atoms with Gasteiger partial charge in [-0.05, 0) is 64.9 Å². The maximum atomic E-state index is 13.3. The fourth-order valence-electron chi connectivity index (χ4n) is 4.03. The van der Waals surface area contributed by atoms with Crippen molar-refractivity contribution in [2.24, 2.45) is 5.92 Å². The topological polar surface area (TPSA) is 117 Å². The van der Waals surface area contributed by atoms with Gasteiger partial charge < -0.3 is 29.2 Å². The first kappa shape index (κ1) is 28.3. The Bertz CT molecular complexity index is 1010. The molecule has 2 heterocycles. The van der Waals surface area contributed by atoms with Gasteiger partial charge in [0.2, 0.25) is 5.91 Å². The summed E-state index contributed by atoms with van der Waals surface area (Å²) in [4.78, 5) is 36.1. The molecule has 1 saturated heterocycles. The predicted octanol–water partition coefficient (Wildman–Crippen LogP) is 4.73. The summed E-state index contributed by atoms with van der Waals surface area (Å²) in [7, 11) is 1.29. The average molecular weight is 521 g/mol. The standard InChI is InChI=1S/C26H40N4O5S/c1-16(2)21(29-24(32)34-7)23(31)30-14-8-9-20(30)22-27-15-19(28-22)17-10-12-18(13-11-17)36-35-26(5,6)25(3,4)33/h10,12,15-16,20-21,33H,8-9,11,13-14H2,1-7H3,(H,27,28)(H,29,32)/t20-,21-/m0/s1. The summed E-state index contributed by atoms with van der Waals surface area (Å²) < 4.78 is 10.6. The first-order valence-electron chi connectivity index (χ1n) is 12.5. The highest BCUT2D eigenvalue weighted by Crippen LogP contribution is 2.38. The van der Waals surface area contributed by atoms with Crippen molar-refractivity contribution in [1.29, 1.82) is 0 Å². The number of methoxy groups -OCH3 is 1. The van der Waals surface area contributed by atoms with E-state index in [-0.39, 0.29) is 17.9 Å². The van der Waals surface area contributed by atoms with E-state index in [0.717, 1.165) is 47.7 Å². The Morgan fingerprint density at radius 1 is 1.25 bits per heavy atom. The minimum atomic E-state index is -0.956. The minimum absolute atomic E-state index is 0.0748. The van der Waals surface area contributed by atoms with Crippen LogP contribution in [0.4, 0.5) is 4.79 Å². The van der Waals surface area contributed by atoms with Crippen LogP contribution in [-0.2, 0) is 13.7 Å². The molecule has 36 heavy (non-hydrogen) atoms. The van der Waals surface area contributed by atoms with Crippen LogP contribution in [0.15, 0.2) is 23.3 Å². The van der Waals surface area contributed by atoms with Crippen molar-refractivity contribution in [3.63, 3.8) is 0 Å². The number of hydrogen-bond donors (Lipinski definition) is 3. The largest absolute Gasteiger partial charge is 0.453 e. The Kier molecular flexibility index (Phi) is 8.95. The molecule has 2 atom stereocenters. The molecular formula is C26H40N4O5S. The van der Waals surface area contributed by atoms with E-state index in [1.54, 1.807) is 13.8 Å². The van der Waals surface area contributed by atoms with E-state index in [1.807, 2.05) is 44.9 Å². The second kappa shape index (κ2) is 11.4. The number of imidazole rings is 1. The van der Waals surface area contributed by atoms with Crippen LogP contribution in [0.2, 0.25) is 0 Å². The van der Waals surface area contributed by atoms with Gasteiger partial charge in [0.15, 0.2) is 0 Å². The van der Waals surface area contributed by atoms with Crippen molar-refractivity contribution in [1.82, 2.24) is 20.2 Å². The highest BCUT2D eigenvalue weighted by molar-refractivity contribution is 7.98. The molecule has 2 aliphatic rings. The minimum Gasteiger partial charge on any atom is -0.453 e. The molecule has 2 amide bonds. The van der Waals surface area contributed by atoms with Gasteiger partial charge in [0.05, 0.1) is 30.6 Å². The van der Waals surface area contributed by atoms with E-state index < -0.39 is 23.3 Å². The third kappa shape index (κ3) is 6.52. The van der Waals surface area contributed by atoms with Crippen LogP contribution >= 0.6 is 12.0 Å². The van der Waals surface area contributed by atoms with E-state index in [9.17, 15) is 14.7 Å². The molecule has 10 heteroatoms. The van der Waals surface area contributed by atoms with Crippen LogP contribution in [0.1, 0.15) is 84.8 Å². The third-order valence-electron chi connectivity index (χ3n) is 7.13. The van der Waals surface area contributed by atoms with Crippen LogP contribution in [0.5, 0.6) is 0 Å². The van der Waals surface area contributed by atoms with Gasteiger partial charge >= 0.3 is 6.09 Å². The number of likely N-dealkylation sites (tertiary alicyclic amines) is 1. The van der Waals surface area contributed by atoms with Crippen molar-refractivity contribution in [3.05, 3.63) is 34.8 Å². The lowest BCUT2D eigenvalue weighted by Crippen LogP contribution is -2.51. The molecule has 0 spiro atoms. The zero-order valence-electron chi connectivity index (χ0n) is 22.4. The van der Waals surface area contributed by atoms with E-state index in [2.05, 4.69) is 21.4 Å². The van der Waals surface area contributed by atoms with E-state index in [0.29, 0.717) is 6.54 Å². The number of aromatic nitrogens is 2. The summed E-state index contributed by atoms with van der Waals surface area (Å²) in [6, 6.07) is -0.812. The maximum Gasteiger partial charge on any atom is 0.407 e. The van der Waals surface area contributed by atoms with E-state index in [1.165, 1.54) is 19.2 Å². The number of hydrogen-bond acceptors (Lipinski definition) is 7. The lowest BCUT2D eigenvalue weighted by atomic mass is 9.90. The van der Waals surface area contributed by atoms with Gasteiger partial charge in [-0.15, -0.1) is 0 Å². The molecule has 1 fully saturated rings. The van der Waals surface area contributed by atoms with Crippen LogP contribution in [0, 0.1) is 5.92 Å². The van der Waals surface area contributed by atoms with Crippen molar-refractivity contribution in [2.45, 2.75) is 90.5 Å². The number of H-pyrrole nitrogens is 1. The summed E-state index contributed by atoms with van der Waals surface area (Å²) in [6.07, 6.45) is 8.68. The number of ether oxygens (including phenoxy) is 1. The van der Waals surface area contributed by atoms with Crippen LogP contribution in [-0.4, -0.2) is 62.9 Å². The summed E-state index contributed by atoms with van der Waals surface area (Å²) in [5, 5.41) is 13.0. The zero-order chi connectivity index (χ0) is 26.7. The Labute approximate surface area is 218 Å². The number of rotatable bonds is 9. The molecular weight excluding hydrogens is 480 g/mol. The molecule has 0 saturated carbocycles. The van der Waals surface area contributed by atoms with Gasteiger partial charge in [-0.25, -0.2) is 9.78 Å². The molecule has 9 nitrogen and oxygen atoms in total. The number of aromatic amines is 1. The Hall–Kier alpha value is -2.30. The lowest BCUT2D eigenvalue weighted by molar-refractivity contribution is -0.135. The van der Waals surface area contributed by atoms with Gasteiger partial charge in [-0.1, -0.05) is 26.0 Å². The molecule has 0 aromatic carbocycles. The number of allylic oxidation sites excluding steroid dienone is 4. The Morgan fingerprint density at radius 2 is 1.97 bits per heavy atom. The first-order valence-corrected chi connectivity index (χ1v) is 13.3. The van der Waals surface area contributed by atoms with Gasteiger partial charge in [0.25, 0.3) is 0 Å². The fourth-order valence-corrected chi connectivity index (χ4v) is 4.86. The number of nitrogens with zero attached hydrogens (tertiary/aromatic N) is 2. The molecule has 1 aliphatic heterocycles. The van der Waals surface area contributed by atoms with Gasteiger partial charge in [0, 0.05) is 23.5 Å². The Morgan fingerprint density at radius 3 is 2.56 bits per heavy atom. The molecule has 3 N–H and O–H groups in total. The van der Waals surface area contributed by atoms with Crippen molar-refractivity contribution in [2.75, 3.05) is 13.7 Å². The average Bonchev–Trinajstić information content (AvgIpc) is 3.49. The number of aliphatic hydroxyl groups is 1.